The van der Waals surface area contributed by atoms with Gasteiger partial charge in [0.15, 0.2) is 0 Å². The Bertz CT molecular complexity index is 445. The molecule has 0 N–H and O–H groups in total. The SMILES string of the molecule is CCN(CC)Cc1cccc(CP(C(C)(C)C)C(C)(C)C)n1.[Ru+2]. The van der Waals surface area contributed by atoms with Crippen LogP contribution in [-0.4, -0.2) is 33.3 Å². The number of hydrogen-bond donors (Lipinski definition) is 0. The average molecular weight is 424 g/mol. The minimum atomic E-state index is -0.135. The van der Waals surface area contributed by atoms with Gasteiger partial charge in [0.25, 0.3) is 0 Å². The maximum Gasteiger partial charge on any atom is 2.00 e. The quantitative estimate of drug-likeness (QED) is 0.444. The first-order chi connectivity index (χ1) is 10.1. The molecule has 0 bridgehead atoms. The maximum atomic E-state index is 4.95. The summed E-state index contributed by atoms with van der Waals surface area (Å²) in [5, 5.41) is 0.703. The molecule has 1 rings (SSSR count). The number of hydrogen-bond acceptors (Lipinski definition) is 2. The van der Waals surface area contributed by atoms with Gasteiger partial charge in [-0.05, 0) is 35.5 Å². The van der Waals surface area contributed by atoms with Crippen LogP contribution < -0.4 is 0 Å². The zero-order valence-corrected chi connectivity index (χ0v) is 18.9. The molecule has 0 saturated carbocycles. The summed E-state index contributed by atoms with van der Waals surface area (Å²) < 4.78 is 0. The van der Waals surface area contributed by atoms with Gasteiger partial charge in [-0.2, -0.15) is 0 Å². The molecule has 0 saturated heterocycles. The van der Waals surface area contributed by atoms with E-state index in [2.05, 4.69) is 78.5 Å². The number of rotatable bonds is 6. The van der Waals surface area contributed by atoms with Gasteiger partial charge in [0.2, 0.25) is 0 Å². The number of pyridine rings is 1. The van der Waals surface area contributed by atoms with E-state index >= 15 is 0 Å². The molecular formula is C19H35N2PRu+2. The fourth-order valence-electron chi connectivity index (χ4n) is 3.02. The second kappa shape index (κ2) is 9.60. The van der Waals surface area contributed by atoms with Gasteiger partial charge in [-0.15, -0.1) is 0 Å². The Morgan fingerprint density at radius 1 is 0.913 bits per heavy atom. The van der Waals surface area contributed by atoms with Crippen LogP contribution in [0.2, 0.25) is 0 Å². The number of nitrogens with zero attached hydrogens (tertiary/aromatic N) is 2. The van der Waals surface area contributed by atoms with Crippen molar-refractivity contribution in [1.82, 2.24) is 9.88 Å². The summed E-state index contributed by atoms with van der Waals surface area (Å²) in [6.45, 7) is 21.8. The first-order valence-electron chi connectivity index (χ1n) is 8.52. The van der Waals surface area contributed by atoms with Crippen molar-refractivity contribution in [3.8, 4) is 0 Å². The van der Waals surface area contributed by atoms with Gasteiger partial charge >= 0.3 is 19.5 Å². The molecule has 0 aliphatic rings. The second-order valence-electron chi connectivity index (χ2n) is 8.01. The van der Waals surface area contributed by atoms with Crippen LogP contribution in [0, 0.1) is 0 Å². The molecule has 1 aromatic heterocycles. The normalized spacial score (nSPS) is 12.6. The Balaban J connectivity index is 0.00000484. The first-order valence-corrected chi connectivity index (χ1v) is 10.1. The molecule has 0 spiro atoms. The molecule has 0 aromatic carbocycles. The van der Waals surface area contributed by atoms with Crippen LogP contribution in [0.3, 0.4) is 0 Å². The van der Waals surface area contributed by atoms with E-state index in [0.29, 0.717) is 10.3 Å². The summed E-state index contributed by atoms with van der Waals surface area (Å²) in [7, 11) is -0.135. The van der Waals surface area contributed by atoms with E-state index in [4.69, 9.17) is 4.98 Å². The Morgan fingerprint density at radius 2 is 1.39 bits per heavy atom. The fraction of sp³-hybridized carbons (Fsp3) is 0.737. The van der Waals surface area contributed by atoms with E-state index in [1.807, 2.05) is 0 Å². The van der Waals surface area contributed by atoms with Crippen LogP contribution in [0.5, 0.6) is 0 Å². The van der Waals surface area contributed by atoms with Crippen LogP contribution in [0.25, 0.3) is 0 Å². The van der Waals surface area contributed by atoms with E-state index in [-0.39, 0.29) is 27.4 Å². The monoisotopic (exact) mass is 424 g/mol. The molecule has 132 valence electrons. The van der Waals surface area contributed by atoms with Crippen molar-refractivity contribution in [3.63, 3.8) is 0 Å². The summed E-state index contributed by atoms with van der Waals surface area (Å²) in [6.07, 6.45) is 1.12. The molecule has 4 heteroatoms. The van der Waals surface area contributed by atoms with Crippen molar-refractivity contribution in [2.24, 2.45) is 0 Å². The van der Waals surface area contributed by atoms with E-state index in [1.165, 1.54) is 11.4 Å². The van der Waals surface area contributed by atoms with Crippen molar-refractivity contribution in [3.05, 3.63) is 29.6 Å². The largest absolute Gasteiger partial charge is 2.00 e. The van der Waals surface area contributed by atoms with Crippen LogP contribution in [0.1, 0.15) is 66.8 Å². The van der Waals surface area contributed by atoms with Crippen LogP contribution in [0.15, 0.2) is 18.2 Å². The molecular weight excluding hydrogens is 388 g/mol. The van der Waals surface area contributed by atoms with E-state index in [0.717, 1.165) is 25.8 Å². The fourth-order valence-corrected chi connectivity index (χ4v) is 6.49. The molecule has 0 aliphatic carbocycles. The summed E-state index contributed by atoms with van der Waals surface area (Å²) in [5.74, 6) is 0. The van der Waals surface area contributed by atoms with Gasteiger partial charge < -0.3 is 0 Å². The molecule has 0 radical (unpaired) electrons. The number of aromatic nitrogens is 1. The molecule has 1 aromatic rings. The van der Waals surface area contributed by atoms with Gasteiger partial charge in [-0.3, -0.25) is 9.88 Å². The van der Waals surface area contributed by atoms with E-state index in [1.54, 1.807) is 0 Å². The smallest absolute Gasteiger partial charge is 0.298 e. The van der Waals surface area contributed by atoms with Crippen molar-refractivity contribution < 1.29 is 19.5 Å². The van der Waals surface area contributed by atoms with Gasteiger partial charge in [-0.1, -0.05) is 69.4 Å². The molecule has 0 amide bonds. The Hall–Kier alpha value is 0.163. The third-order valence-electron chi connectivity index (χ3n) is 4.08. The van der Waals surface area contributed by atoms with Crippen molar-refractivity contribution in [2.45, 2.75) is 78.4 Å². The Kier molecular flexibility index (Phi) is 9.66. The van der Waals surface area contributed by atoms with Crippen molar-refractivity contribution >= 4 is 7.92 Å². The minimum Gasteiger partial charge on any atom is -0.298 e. The standard InChI is InChI=1S/C19H35N2P.Ru/c1-9-21(10-2)14-16-12-11-13-17(20-16)15-22(18(3,4)5)19(6,7)8;/h11-13H,9-10,14-15H2,1-8H3;/q;+2. The van der Waals surface area contributed by atoms with Gasteiger partial charge in [0.1, 0.15) is 0 Å². The zero-order valence-electron chi connectivity index (χ0n) is 16.3. The Labute approximate surface area is 158 Å². The van der Waals surface area contributed by atoms with Crippen molar-refractivity contribution in [2.75, 3.05) is 13.1 Å². The summed E-state index contributed by atoms with van der Waals surface area (Å²) in [5.41, 5.74) is 2.47. The predicted molar refractivity (Wildman–Crippen MR) is 101 cm³/mol. The Morgan fingerprint density at radius 3 is 1.83 bits per heavy atom. The third-order valence-corrected chi connectivity index (χ3v) is 7.96. The molecule has 2 nitrogen and oxygen atoms in total. The molecule has 0 aliphatic heterocycles. The van der Waals surface area contributed by atoms with Gasteiger partial charge in [0.05, 0.1) is 5.69 Å². The predicted octanol–water partition coefficient (Wildman–Crippen LogP) is 5.50. The second-order valence-corrected chi connectivity index (χ2v) is 11.9. The molecule has 0 fully saturated rings. The van der Waals surface area contributed by atoms with Gasteiger partial charge in [0, 0.05) is 18.4 Å². The zero-order chi connectivity index (χ0) is 17.0. The molecule has 0 atom stereocenters. The summed E-state index contributed by atoms with van der Waals surface area (Å²) in [6, 6.07) is 6.55. The van der Waals surface area contributed by atoms with Crippen LogP contribution >= 0.6 is 7.92 Å². The third kappa shape index (κ3) is 7.72. The molecule has 1 heterocycles. The van der Waals surface area contributed by atoms with Crippen LogP contribution in [0.4, 0.5) is 0 Å². The maximum absolute atomic E-state index is 4.95. The van der Waals surface area contributed by atoms with E-state index in [9.17, 15) is 0 Å². The molecule has 0 unspecified atom stereocenters. The molecule has 23 heavy (non-hydrogen) atoms. The minimum absolute atomic E-state index is 0. The topological polar surface area (TPSA) is 16.1 Å². The average Bonchev–Trinajstić information content (AvgIpc) is 2.40. The van der Waals surface area contributed by atoms with Gasteiger partial charge in [-0.25, -0.2) is 0 Å². The summed E-state index contributed by atoms with van der Waals surface area (Å²) >= 11 is 0. The summed E-state index contributed by atoms with van der Waals surface area (Å²) in [4.78, 5) is 7.37. The first kappa shape index (κ1) is 23.2. The van der Waals surface area contributed by atoms with E-state index < -0.39 is 0 Å². The van der Waals surface area contributed by atoms with Crippen LogP contribution in [-0.2, 0) is 32.2 Å². The van der Waals surface area contributed by atoms with Crippen molar-refractivity contribution in [1.29, 1.82) is 0 Å².